The lowest BCUT2D eigenvalue weighted by Crippen LogP contribution is -2.28. The summed E-state index contributed by atoms with van der Waals surface area (Å²) >= 11 is 0. The molecule has 0 spiro atoms. The molecule has 14 rings (SSSR count). The highest BCUT2D eigenvalue weighted by Crippen LogP contribution is 2.56. The second-order valence-corrected chi connectivity index (χ2v) is 19.6. The lowest BCUT2D eigenvalue weighted by atomic mass is 9.68. The Kier molecular flexibility index (Phi) is 10.8. The average molecular weight is 955 g/mol. The molecule has 0 aliphatic heterocycles. The minimum atomic E-state index is -0.481. The van der Waals surface area contributed by atoms with Gasteiger partial charge in [0.25, 0.3) is 0 Å². The summed E-state index contributed by atoms with van der Waals surface area (Å²) in [5.41, 5.74) is 23.4. The highest BCUT2D eigenvalue weighted by molar-refractivity contribution is 6.09. The maximum absolute atomic E-state index is 2.39. The van der Waals surface area contributed by atoms with Crippen LogP contribution in [0.2, 0.25) is 0 Å². The van der Waals surface area contributed by atoms with Gasteiger partial charge in [-0.25, -0.2) is 0 Å². The number of nitrogens with zero attached hydrogens (tertiary/aromatic N) is 2. The van der Waals surface area contributed by atoms with Gasteiger partial charge in [-0.3, -0.25) is 0 Å². The molecule has 0 N–H and O–H groups in total. The Hall–Kier alpha value is -9.76. The van der Waals surface area contributed by atoms with Gasteiger partial charge >= 0.3 is 0 Å². The monoisotopic (exact) mass is 954 g/mol. The molecule has 75 heavy (non-hydrogen) atoms. The van der Waals surface area contributed by atoms with E-state index < -0.39 is 5.41 Å². The van der Waals surface area contributed by atoms with Crippen molar-refractivity contribution in [3.8, 4) is 61.3 Å². The molecule has 1 heterocycles. The molecule has 2 nitrogen and oxygen atoms in total. The third kappa shape index (κ3) is 7.49. The van der Waals surface area contributed by atoms with E-state index >= 15 is 0 Å². The Morgan fingerprint density at radius 3 is 1.05 bits per heavy atom. The van der Waals surface area contributed by atoms with E-state index in [1.54, 1.807) is 0 Å². The molecule has 352 valence electrons. The summed E-state index contributed by atoms with van der Waals surface area (Å²) in [6.45, 7) is 0. The van der Waals surface area contributed by atoms with Crippen LogP contribution in [-0.2, 0) is 5.41 Å². The van der Waals surface area contributed by atoms with Crippen LogP contribution in [0.5, 0.6) is 0 Å². The molecule has 0 saturated carbocycles. The normalized spacial score (nSPS) is 12.4. The summed E-state index contributed by atoms with van der Waals surface area (Å²) in [5, 5.41) is 2.53. The van der Waals surface area contributed by atoms with Crippen LogP contribution in [0.15, 0.2) is 303 Å². The Labute approximate surface area is 438 Å². The van der Waals surface area contributed by atoms with E-state index in [0.717, 1.165) is 33.9 Å². The van der Waals surface area contributed by atoms with Gasteiger partial charge in [0.2, 0.25) is 0 Å². The van der Waals surface area contributed by atoms with Crippen LogP contribution >= 0.6 is 0 Å². The number of aromatic nitrogens is 1. The molecule has 1 aromatic heterocycles. The molecule has 0 bridgehead atoms. The van der Waals surface area contributed by atoms with Crippen molar-refractivity contribution in [1.82, 2.24) is 4.57 Å². The van der Waals surface area contributed by atoms with Gasteiger partial charge in [0.1, 0.15) is 0 Å². The zero-order valence-electron chi connectivity index (χ0n) is 41.3. The summed E-state index contributed by atoms with van der Waals surface area (Å²) in [6.07, 6.45) is 0. The number of hydrogen-bond donors (Lipinski definition) is 0. The van der Waals surface area contributed by atoms with Gasteiger partial charge in [0.05, 0.1) is 16.4 Å². The third-order valence-corrected chi connectivity index (χ3v) is 15.5. The smallest absolute Gasteiger partial charge is 0.0713 e. The van der Waals surface area contributed by atoms with E-state index in [1.165, 1.54) is 88.6 Å². The van der Waals surface area contributed by atoms with Crippen LogP contribution < -0.4 is 4.90 Å². The second kappa shape index (κ2) is 18.4. The zero-order valence-corrected chi connectivity index (χ0v) is 41.3. The highest BCUT2D eigenvalue weighted by atomic mass is 15.1. The van der Waals surface area contributed by atoms with Gasteiger partial charge < -0.3 is 9.47 Å². The molecule has 0 amide bonds. The summed E-state index contributed by atoms with van der Waals surface area (Å²) < 4.78 is 2.38. The van der Waals surface area contributed by atoms with E-state index in [4.69, 9.17) is 0 Å². The first-order chi connectivity index (χ1) is 37.2. The predicted molar refractivity (Wildman–Crippen MR) is 315 cm³/mol. The van der Waals surface area contributed by atoms with Crippen LogP contribution in [0.4, 0.5) is 17.1 Å². The number of anilines is 3. The molecule has 1 aliphatic rings. The van der Waals surface area contributed by atoms with Gasteiger partial charge in [-0.15, -0.1) is 0 Å². The first-order valence-corrected chi connectivity index (χ1v) is 25.9. The number of hydrogen-bond acceptors (Lipinski definition) is 1. The third-order valence-electron chi connectivity index (χ3n) is 15.5. The zero-order chi connectivity index (χ0) is 49.7. The van der Waals surface area contributed by atoms with Gasteiger partial charge in [-0.1, -0.05) is 224 Å². The summed E-state index contributed by atoms with van der Waals surface area (Å²) in [5.74, 6) is 0. The van der Waals surface area contributed by atoms with Crippen molar-refractivity contribution in [2.24, 2.45) is 0 Å². The van der Waals surface area contributed by atoms with Crippen molar-refractivity contribution in [2.45, 2.75) is 5.41 Å². The minimum Gasteiger partial charge on any atom is -0.311 e. The molecule has 0 fully saturated rings. The number of benzene rings is 12. The molecular weight excluding hydrogens is 905 g/mol. The van der Waals surface area contributed by atoms with Crippen molar-refractivity contribution in [2.75, 3.05) is 4.90 Å². The highest BCUT2D eigenvalue weighted by Gasteiger charge is 2.45. The lowest BCUT2D eigenvalue weighted by molar-refractivity contribution is 0.768. The van der Waals surface area contributed by atoms with Crippen LogP contribution in [-0.4, -0.2) is 4.57 Å². The van der Waals surface area contributed by atoms with E-state index in [9.17, 15) is 0 Å². The standard InChI is InChI=1S/C73H50N2/c1-4-18-51(19-5-1)56-48-57(52-20-6-2-7-21-52)50-58(49-56)55-36-42-62(43-37-55)74(61-40-32-53(33-41-61)54-34-44-64(45-35-54)75-71-30-16-12-26-67(71)68-27-13-17-31-72(68)75)63-46-38-60(39-47-63)73(59-22-8-3-9-23-59)69-28-14-10-24-65(69)66-25-11-15-29-70(66)73/h1-50H. The number of rotatable bonds is 10. The number of fused-ring (bicyclic) bond motifs is 6. The predicted octanol–water partition coefficient (Wildman–Crippen LogP) is 19.3. The topological polar surface area (TPSA) is 8.17 Å². The quantitative estimate of drug-likeness (QED) is 0.133. The Morgan fingerprint density at radius 1 is 0.253 bits per heavy atom. The molecule has 12 aromatic carbocycles. The summed E-state index contributed by atoms with van der Waals surface area (Å²) in [6, 6.07) is 111. The van der Waals surface area contributed by atoms with E-state index in [1.807, 2.05) is 0 Å². The Bertz CT molecular complexity index is 4020. The van der Waals surface area contributed by atoms with Crippen LogP contribution in [0, 0.1) is 0 Å². The average Bonchev–Trinajstić information content (AvgIpc) is 4.01. The second-order valence-electron chi connectivity index (χ2n) is 19.6. The summed E-state index contributed by atoms with van der Waals surface area (Å²) in [4.78, 5) is 2.39. The van der Waals surface area contributed by atoms with Crippen molar-refractivity contribution in [3.05, 3.63) is 326 Å². The minimum absolute atomic E-state index is 0.481. The van der Waals surface area contributed by atoms with E-state index in [0.29, 0.717) is 0 Å². The first kappa shape index (κ1) is 44.0. The van der Waals surface area contributed by atoms with Gasteiger partial charge in [-0.2, -0.15) is 0 Å². The molecule has 0 atom stereocenters. The van der Waals surface area contributed by atoms with Crippen LogP contribution in [0.1, 0.15) is 22.3 Å². The van der Waals surface area contributed by atoms with Gasteiger partial charge in [0, 0.05) is 33.5 Å². The maximum Gasteiger partial charge on any atom is 0.0713 e. The molecule has 0 unspecified atom stereocenters. The molecular formula is C73H50N2. The van der Waals surface area contributed by atoms with Crippen LogP contribution in [0.3, 0.4) is 0 Å². The fraction of sp³-hybridized carbons (Fsp3) is 0.0137. The first-order valence-electron chi connectivity index (χ1n) is 25.9. The number of para-hydroxylation sites is 2. The molecule has 0 radical (unpaired) electrons. The Balaban J connectivity index is 0.866. The fourth-order valence-corrected chi connectivity index (χ4v) is 12.0. The maximum atomic E-state index is 2.39. The van der Waals surface area contributed by atoms with E-state index in [-0.39, 0.29) is 0 Å². The Morgan fingerprint density at radius 2 is 0.587 bits per heavy atom. The van der Waals surface area contributed by atoms with Crippen molar-refractivity contribution < 1.29 is 0 Å². The molecule has 0 saturated heterocycles. The van der Waals surface area contributed by atoms with Crippen molar-refractivity contribution in [3.63, 3.8) is 0 Å². The van der Waals surface area contributed by atoms with Gasteiger partial charge in [-0.05, 0) is 157 Å². The SMILES string of the molecule is c1ccc(-c2cc(-c3ccccc3)cc(-c3ccc(N(c4ccc(-c5ccc(-n6c7ccccc7c7ccccc76)cc5)cc4)c4ccc(C5(c6ccccc6)c6ccccc6-c6ccccc65)cc4)cc3)c2)cc1. The van der Waals surface area contributed by atoms with Crippen molar-refractivity contribution in [1.29, 1.82) is 0 Å². The van der Waals surface area contributed by atoms with Crippen LogP contribution in [0.25, 0.3) is 83.1 Å². The molecule has 1 aliphatic carbocycles. The summed E-state index contributed by atoms with van der Waals surface area (Å²) in [7, 11) is 0. The largest absolute Gasteiger partial charge is 0.311 e. The fourth-order valence-electron chi connectivity index (χ4n) is 12.0. The van der Waals surface area contributed by atoms with Gasteiger partial charge in [0.15, 0.2) is 0 Å². The molecule has 13 aromatic rings. The van der Waals surface area contributed by atoms with Crippen molar-refractivity contribution >= 4 is 38.9 Å². The lowest BCUT2D eigenvalue weighted by Gasteiger charge is -2.34. The molecule has 2 heteroatoms. The van der Waals surface area contributed by atoms with E-state index in [2.05, 4.69) is 313 Å².